The van der Waals surface area contributed by atoms with E-state index in [1.807, 2.05) is 0 Å². The summed E-state index contributed by atoms with van der Waals surface area (Å²) in [6.07, 6.45) is 4.03. The molecule has 0 aromatic heterocycles. The summed E-state index contributed by atoms with van der Waals surface area (Å²) >= 11 is 0. The van der Waals surface area contributed by atoms with E-state index in [1.54, 1.807) is 0 Å². The van der Waals surface area contributed by atoms with Gasteiger partial charge in [0.05, 0.1) is 0 Å². The molecule has 98 valence electrons. The van der Waals surface area contributed by atoms with Gasteiger partial charge in [-0.2, -0.15) is 0 Å². The van der Waals surface area contributed by atoms with Gasteiger partial charge in [0.2, 0.25) is 0 Å². The number of nitrogens with zero attached hydrogens (tertiary/aromatic N) is 1. The summed E-state index contributed by atoms with van der Waals surface area (Å²) in [5.41, 5.74) is 0. The van der Waals surface area contributed by atoms with E-state index in [1.165, 1.54) is 38.9 Å². The van der Waals surface area contributed by atoms with Crippen molar-refractivity contribution < 1.29 is 0 Å². The van der Waals surface area contributed by atoms with E-state index < -0.39 is 0 Å². The summed E-state index contributed by atoms with van der Waals surface area (Å²) < 4.78 is 0. The molecule has 0 bridgehead atoms. The van der Waals surface area contributed by atoms with Gasteiger partial charge in [-0.3, -0.25) is 0 Å². The number of rotatable bonds is 9. The second-order valence-corrected chi connectivity index (χ2v) is 6.39. The average molecular weight is 227 g/mol. The van der Waals surface area contributed by atoms with Crippen LogP contribution in [0.15, 0.2) is 0 Å². The SMILES string of the molecule is CC(C)CCN(CCC(C)C)CCC(C)C. The van der Waals surface area contributed by atoms with Gasteiger partial charge in [0.15, 0.2) is 0 Å². The molecule has 0 aliphatic rings. The molecule has 1 nitrogen and oxygen atoms in total. The smallest absolute Gasteiger partial charge is 0.00163 e. The van der Waals surface area contributed by atoms with E-state index in [-0.39, 0.29) is 0 Å². The maximum absolute atomic E-state index is 2.67. The lowest BCUT2D eigenvalue weighted by Crippen LogP contribution is -2.29. The van der Waals surface area contributed by atoms with E-state index in [9.17, 15) is 0 Å². The van der Waals surface area contributed by atoms with Crippen LogP contribution in [0, 0.1) is 17.8 Å². The molecule has 1 heteroatoms. The van der Waals surface area contributed by atoms with Gasteiger partial charge >= 0.3 is 0 Å². The highest BCUT2D eigenvalue weighted by molar-refractivity contribution is 4.62. The Hall–Kier alpha value is -0.0400. The highest BCUT2D eigenvalue weighted by atomic mass is 15.1. The maximum Gasteiger partial charge on any atom is -0.00163 e. The quantitative estimate of drug-likeness (QED) is 0.563. The second-order valence-electron chi connectivity index (χ2n) is 6.39. The minimum atomic E-state index is 0.834. The summed E-state index contributed by atoms with van der Waals surface area (Å²) in [4.78, 5) is 2.67. The van der Waals surface area contributed by atoms with Crippen molar-refractivity contribution in [2.24, 2.45) is 17.8 Å². The number of hydrogen-bond donors (Lipinski definition) is 0. The molecule has 0 rings (SSSR count). The molecular weight excluding hydrogens is 194 g/mol. The molecule has 0 atom stereocenters. The Bertz CT molecular complexity index is 121. The molecule has 0 heterocycles. The van der Waals surface area contributed by atoms with Crippen LogP contribution >= 0.6 is 0 Å². The highest BCUT2D eigenvalue weighted by Crippen LogP contribution is 2.09. The molecule has 0 fully saturated rings. The van der Waals surface area contributed by atoms with Crippen LogP contribution < -0.4 is 0 Å². The van der Waals surface area contributed by atoms with Gasteiger partial charge in [0.1, 0.15) is 0 Å². The highest BCUT2D eigenvalue weighted by Gasteiger charge is 2.08. The maximum atomic E-state index is 2.67. The molecule has 0 aliphatic heterocycles. The van der Waals surface area contributed by atoms with Crippen molar-refractivity contribution in [3.63, 3.8) is 0 Å². The molecule has 0 amide bonds. The van der Waals surface area contributed by atoms with Gasteiger partial charge in [-0.15, -0.1) is 0 Å². The Balaban J connectivity index is 3.85. The van der Waals surface area contributed by atoms with Crippen molar-refractivity contribution in [2.75, 3.05) is 19.6 Å². The molecule has 16 heavy (non-hydrogen) atoms. The van der Waals surface area contributed by atoms with E-state index >= 15 is 0 Å². The van der Waals surface area contributed by atoms with Crippen molar-refractivity contribution >= 4 is 0 Å². The van der Waals surface area contributed by atoms with Gasteiger partial charge in [0, 0.05) is 0 Å². The second kappa shape index (κ2) is 9.04. The summed E-state index contributed by atoms with van der Waals surface area (Å²) in [7, 11) is 0. The summed E-state index contributed by atoms with van der Waals surface area (Å²) in [5, 5.41) is 0. The zero-order valence-electron chi connectivity index (χ0n) is 12.4. The van der Waals surface area contributed by atoms with E-state index in [4.69, 9.17) is 0 Å². The summed E-state index contributed by atoms with van der Waals surface area (Å²) in [6.45, 7) is 17.8. The Morgan fingerprint density at radius 3 is 1.00 bits per heavy atom. The molecule has 0 aromatic rings. The largest absolute Gasteiger partial charge is 0.303 e. The van der Waals surface area contributed by atoms with Crippen molar-refractivity contribution in [3.05, 3.63) is 0 Å². The molecule has 0 unspecified atom stereocenters. The third kappa shape index (κ3) is 10.5. The van der Waals surface area contributed by atoms with Crippen molar-refractivity contribution in [1.82, 2.24) is 4.90 Å². The molecule has 0 radical (unpaired) electrons. The summed E-state index contributed by atoms with van der Waals surface area (Å²) in [6, 6.07) is 0. The van der Waals surface area contributed by atoms with Gasteiger partial charge in [0.25, 0.3) is 0 Å². The van der Waals surface area contributed by atoms with Crippen molar-refractivity contribution in [2.45, 2.75) is 60.8 Å². The molecule has 0 saturated heterocycles. The summed E-state index contributed by atoms with van der Waals surface area (Å²) in [5.74, 6) is 2.50. The van der Waals surface area contributed by atoms with Crippen LogP contribution in [0.5, 0.6) is 0 Å². The third-order valence-electron chi connectivity index (χ3n) is 3.07. The standard InChI is InChI=1S/C15H33N/c1-13(2)7-10-16(11-8-14(3)4)12-9-15(5)6/h13-15H,7-12H2,1-6H3. The van der Waals surface area contributed by atoms with Crippen LogP contribution in [0.1, 0.15) is 60.8 Å². The lowest BCUT2D eigenvalue weighted by atomic mass is 10.1. The first-order valence-electron chi connectivity index (χ1n) is 7.14. The van der Waals surface area contributed by atoms with Crippen molar-refractivity contribution in [3.8, 4) is 0 Å². The fourth-order valence-corrected chi connectivity index (χ4v) is 1.66. The fraction of sp³-hybridized carbons (Fsp3) is 1.00. The minimum absolute atomic E-state index is 0.834. The van der Waals surface area contributed by atoms with Crippen LogP contribution in [0.2, 0.25) is 0 Å². The Labute approximate surface area is 104 Å². The van der Waals surface area contributed by atoms with Crippen LogP contribution in [-0.2, 0) is 0 Å². The van der Waals surface area contributed by atoms with Gasteiger partial charge in [-0.1, -0.05) is 41.5 Å². The molecule has 0 aliphatic carbocycles. The predicted octanol–water partition coefficient (Wildman–Crippen LogP) is 4.43. The first-order valence-corrected chi connectivity index (χ1v) is 7.14. The lowest BCUT2D eigenvalue weighted by molar-refractivity contribution is 0.231. The molecule has 0 saturated carbocycles. The first kappa shape index (κ1) is 16.0. The third-order valence-corrected chi connectivity index (χ3v) is 3.07. The Morgan fingerprint density at radius 2 is 0.812 bits per heavy atom. The molecule has 0 N–H and O–H groups in total. The van der Waals surface area contributed by atoms with E-state index in [0.29, 0.717) is 0 Å². The predicted molar refractivity (Wildman–Crippen MR) is 74.8 cm³/mol. The van der Waals surface area contributed by atoms with Gasteiger partial charge in [-0.05, 0) is 56.7 Å². The van der Waals surface area contributed by atoms with Gasteiger partial charge in [-0.25, -0.2) is 0 Å². The van der Waals surface area contributed by atoms with Crippen LogP contribution in [0.4, 0.5) is 0 Å². The fourth-order valence-electron chi connectivity index (χ4n) is 1.66. The lowest BCUT2D eigenvalue weighted by Gasteiger charge is -2.24. The monoisotopic (exact) mass is 227 g/mol. The average Bonchev–Trinajstić information content (AvgIpc) is 2.15. The van der Waals surface area contributed by atoms with Crippen LogP contribution in [0.3, 0.4) is 0 Å². The zero-order chi connectivity index (χ0) is 12.6. The molecule has 0 aromatic carbocycles. The number of hydrogen-bond acceptors (Lipinski definition) is 1. The van der Waals surface area contributed by atoms with Crippen LogP contribution in [0.25, 0.3) is 0 Å². The molecule has 0 spiro atoms. The van der Waals surface area contributed by atoms with E-state index in [2.05, 4.69) is 46.4 Å². The topological polar surface area (TPSA) is 3.24 Å². The van der Waals surface area contributed by atoms with E-state index in [0.717, 1.165) is 17.8 Å². The van der Waals surface area contributed by atoms with Crippen molar-refractivity contribution in [1.29, 1.82) is 0 Å². The van der Waals surface area contributed by atoms with Gasteiger partial charge < -0.3 is 4.90 Å². The van der Waals surface area contributed by atoms with Crippen LogP contribution in [-0.4, -0.2) is 24.5 Å². The normalized spacial score (nSPS) is 12.4. The minimum Gasteiger partial charge on any atom is -0.303 e. The Morgan fingerprint density at radius 1 is 0.562 bits per heavy atom. The first-order chi connectivity index (χ1) is 7.41. The Kier molecular flexibility index (Phi) is 9.02. The zero-order valence-corrected chi connectivity index (χ0v) is 12.4. The molecular formula is C15H33N.